The van der Waals surface area contributed by atoms with E-state index in [9.17, 15) is 5.11 Å². The molecule has 17 heavy (non-hydrogen) atoms. The Morgan fingerprint density at radius 3 is 2.82 bits per heavy atom. The Balaban J connectivity index is 2.06. The topological polar surface area (TPSA) is 35.9 Å². The van der Waals surface area contributed by atoms with E-state index in [1.165, 1.54) is 0 Å². The van der Waals surface area contributed by atoms with Crippen LogP contribution < -0.4 is 0 Å². The van der Waals surface area contributed by atoms with Gasteiger partial charge in [-0.3, -0.25) is 4.90 Å². The summed E-state index contributed by atoms with van der Waals surface area (Å²) in [6.45, 7) is 10.3. The van der Waals surface area contributed by atoms with Gasteiger partial charge in [0, 0.05) is 32.7 Å². The lowest BCUT2D eigenvalue weighted by atomic mass is 10.2. The van der Waals surface area contributed by atoms with E-state index in [1.807, 2.05) is 6.08 Å². The smallest absolute Gasteiger partial charge is 0.0670 e. The van der Waals surface area contributed by atoms with Crippen LogP contribution >= 0.6 is 0 Å². The maximum atomic E-state index is 9.76. The molecule has 0 aromatic carbocycles. The van der Waals surface area contributed by atoms with Gasteiger partial charge in [-0.15, -0.1) is 6.58 Å². The van der Waals surface area contributed by atoms with E-state index in [1.54, 1.807) is 0 Å². The Morgan fingerprint density at radius 2 is 2.18 bits per heavy atom. The van der Waals surface area contributed by atoms with Crippen molar-refractivity contribution in [3.63, 3.8) is 0 Å². The molecule has 100 valence electrons. The SMILES string of the molecule is C=CCCC(O)CN(C)CCN1CCOCC1. The summed E-state index contributed by atoms with van der Waals surface area (Å²) in [5, 5.41) is 9.76. The van der Waals surface area contributed by atoms with Gasteiger partial charge in [-0.25, -0.2) is 0 Å². The standard InChI is InChI=1S/C13H26N2O2/c1-3-4-5-13(16)12-14(2)6-7-15-8-10-17-11-9-15/h3,13,16H,1,4-12H2,2H3. The molecule has 0 spiro atoms. The molecule has 1 fully saturated rings. The van der Waals surface area contributed by atoms with Crippen molar-refractivity contribution in [3.05, 3.63) is 12.7 Å². The fourth-order valence-electron chi connectivity index (χ4n) is 1.99. The Kier molecular flexibility index (Phi) is 7.44. The van der Waals surface area contributed by atoms with Crippen LogP contribution in [0.4, 0.5) is 0 Å². The fraction of sp³-hybridized carbons (Fsp3) is 0.846. The average molecular weight is 242 g/mol. The lowest BCUT2D eigenvalue weighted by Gasteiger charge is -2.29. The molecule has 4 nitrogen and oxygen atoms in total. The van der Waals surface area contributed by atoms with Gasteiger partial charge < -0.3 is 14.7 Å². The van der Waals surface area contributed by atoms with Gasteiger partial charge in [0.2, 0.25) is 0 Å². The first kappa shape index (κ1) is 14.6. The highest BCUT2D eigenvalue weighted by Gasteiger charge is 2.12. The van der Waals surface area contributed by atoms with E-state index in [2.05, 4.69) is 23.4 Å². The lowest BCUT2D eigenvalue weighted by molar-refractivity contribution is 0.0318. The zero-order chi connectivity index (χ0) is 12.5. The Bertz CT molecular complexity index is 206. The normalized spacial score (nSPS) is 19.5. The van der Waals surface area contributed by atoms with E-state index in [-0.39, 0.29) is 6.10 Å². The first-order chi connectivity index (χ1) is 8.22. The summed E-state index contributed by atoms with van der Waals surface area (Å²) in [5.74, 6) is 0. The van der Waals surface area contributed by atoms with E-state index in [0.717, 1.165) is 58.8 Å². The van der Waals surface area contributed by atoms with Gasteiger partial charge in [-0.05, 0) is 19.9 Å². The van der Waals surface area contributed by atoms with Gasteiger partial charge >= 0.3 is 0 Å². The number of aliphatic hydroxyl groups excluding tert-OH is 1. The number of aliphatic hydroxyl groups is 1. The molecule has 0 radical (unpaired) electrons. The molecule has 0 bridgehead atoms. The minimum absolute atomic E-state index is 0.234. The van der Waals surface area contributed by atoms with E-state index in [0.29, 0.717) is 0 Å². The highest BCUT2D eigenvalue weighted by atomic mass is 16.5. The largest absolute Gasteiger partial charge is 0.392 e. The summed E-state index contributed by atoms with van der Waals surface area (Å²) < 4.78 is 5.31. The zero-order valence-electron chi connectivity index (χ0n) is 11.0. The fourth-order valence-corrected chi connectivity index (χ4v) is 1.99. The second-order valence-corrected chi connectivity index (χ2v) is 4.74. The minimum atomic E-state index is -0.234. The molecule has 1 N–H and O–H groups in total. The number of hydrogen-bond acceptors (Lipinski definition) is 4. The van der Waals surface area contributed by atoms with E-state index < -0.39 is 0 Å². The number of hydrogen-bond donors (Lipinski definition) is 1. The van der Waals surface area contributed by atoms with Crippen LogP contribution in [0.25, 0.3) is 0 Å². The van der Waals surface area contributed by atoms with Gasteiger partial charge in [0.05, 0.1) is 19.3 Å². The molecule has 1 aliphatic rings. The number of morpholine rings is 1. The number of rotatable bonds is 8. The second kappa shape index (κ2) is 8.64. The molecular weight excluding hydrogens is 216 g/mol. The maximum Gasteiger partial charge on any atom is 0.0670 e. The molecule has 0 aliphatic carbocycles. The predicted molar refractivity (Wildman–Crippen MR) is 70.2 cm³/mol. The van der Waals surface area contributed by atoms with Crippen molar-refractivity contribution >= 4 is 0 Å². The third-order valence-electron chi connectivity index (χ3n) is 3.13. The van der Waals surface area contributed by atoms with Gasteiger partial charge in [0.15, 0.2) is 0 Å². The van der Waals surface area contributed by atoms with Crippen LogP contribution in [0, 0.1) is 0 Å². The highest BCUT2D eigenvalue weighted by Crippen LogP contribution is 2.01. The van der Waals surface area contributed by atoms with Gasteiger partial charge in [-0.1, -0.05) is 6.08 Å². The van der Waals surface area contributed by atoms with Crippen molar-refractivity contribution in [2.45, 2.75) is 18.9 Å². The monoisotopic (exact) mass is 242 g/mol. The van der Waals surface area contributed by atoms with Crippen LogP contribution in [0.5, 0.6) is 0 Å². The van der Waals surface area contributed by atoms with E-state index in [4.69, 9.17) is 4.74 Å². The number of allylic oxidation sites excluding steroid dienone is 1. The van der Waals surface area contributed by atoms with Crippen LogP contribution in [0.2, 0.25) is 0 Å². The summed E-state index contributed by atoms with van der Waals surface area (Å²) in [6.07, 6.45) is 3.32. The van der Waals surface area contributed by atoms with Crippen LogP contribution in [0.3, 0.4) is 0 Å². The number of likely N-dealkylation sites (N-methyl/N-ethyl adjacent to an activating group) is 1. The lowest BCUT2D eigenvalue weighted by Crippen LogP contribution is -2.41. The molecule has 1 saturated heterocycles. The summed E-state index contributed by atoms with van der Waals surface area (Å²) in [4.78, 5) is 4.61. The number of ether oxygens (including phenoxy) is 1. The molecule has 1 rings (SSSR count). The molecule has 0 aromatic rings. The first-order valence-corrected chi connectivity index (χ1v) is 6.50. The van der Waals surface area contributed by atoms with Crippen molar-refractivity contribution in [1.29, 1.82) is 0 Å². The molecule has 1 unspecified atom stereocenters. The van der Waals surface area contributed by atoms with Crippen LogP contribution in [-0.2, 0) is 4.74 Å². The minimum Gasteiger partial charge on any atom is -0.392 e. The molecule has 1 heterocycles. The molecule has 1 atom stereocenters. The summed E-state index contributed by atoms with van der Waals surface area (Å²) >= 11 is 0. The quantitative estimate of drug-likeness (QED) is 0.632. The number of nitrogens with zero attached hydrogens (tertiary/aromatic N) is 2. The molecule has 0 aromatic heterocycles. The molecule has 4 heteroatoms. The molecule has 1 aliphatic heterocycles. The maximum absolute atomic E-state index is 9.76. The Hall–Kier alpha value is -0.420. The predicted octanol–water partition coefficient (Wildman–Crippen LogP) is 0.578. The Labute approximate surface area is 105 Å². The molecular formula is C13H26N2O2. The van der Waals surface area contributed by atoms with Crippen LogP contribution in [0.15, 0.2) is 12.7 Å². The molecule has 0 amide bonds. The van der Waals surface area contributed by atoms with Crippen molar-refractivity contribution in [2.24, 2.45) is 0 Å². The van der Waals surface area contributed by atoms with Gasteiger partial charge in [0.1, 0.15) is 0 Å². The first-order valence-electron chi connectivity index (χ1n) is 6.50. The van der Waals surface area contributed by atoms with Crippen molar-refractivity contribution < 1.29 is 9.84 Å². The summed E-state index contributed by atoms with van der Waals surface area (Å²) in [5.41, 5.74) is 0. The van der Waals surface area contributed by atoms with Crippen LogP contribution in [-0.4, -0.2) is 74.0 Å². The second-order valence-electron chi connectivity index (χ2n) is 4.74. The van der Waals surface area contributed by atoms with Crippen molar-refractivity contribution in [2.75, 3.05) is 53.0 Å². The van der Waals surface area contributed by atoms with Gasteiger partial charge in [-0.2, -0.15) is 0 Å². The highest BCUT2D eigenvalue weighted by molar-refractivity contribution is 4.71. The summed E-state index contributed by atoms with van der Waals surface area (Å²) in [6, 6.07) is 0. The van der Waals surface area contributed by atoms with E-state index >= 15 is 0 Å². The van der Waals surface area contributed by atoms with Crippen molar-refractivity contribution in [1.82, 2.24) is 9.80 Å². The zero-order valence-corrected chi connectivity index (χ0v) is 11.0. The average Bonchev–Trinajstić information content (AvgIpc) is 2.35. The van der Waals surface area contributed by atoms with Gasteiger partial charge in [0.25, 0.3) is 0 Å². The third-order valence-corrected chi connectivity index (χ3v) is 3.13. The third kappa shape index (κ3) is 6.78. The summed E-state index contributed by atoms with van der Waals surface area (Å²) in [7, 11) is 2.07. The van der Waals surface area contributed by atoms with Crippen molar-refractivity contribution in [3.8, 4) is 0 Å². The Morgan fingerprint density at radius 1 is 1.47 bits per heavy atom. The van der Waals surface area contributed by atoms with Crippen LogP contribution in [0.1, 0.15) is 12.8 Å². The molecule has 0 saturated carbocycles.